The fourth-order valence-electron chi connectivity index (χ4n) is 3.36. The van der Waals surface area contributed by atoms with E-state index in [1.54, 1.807) is 0 Å². The van der Waals surface area contributed by atoms with Crippen LogP contribution >= 0.6 is 0 Å². The zero-order valence-corrected chi connectivity index (χ0v) is 16.0. The third kappa shape index (κ3) is 6.04. The maximum Gasteiger partial charge on any atom is 0.135 e. The van der Waals surface area contributed by atoms with Gasteiger partial charge in [-0.15, -0.1) is 0 Å². The Bertz CT molecular complexity index is 499. The molecular weight excluding hydrogens is 298 g/mol. The van der Waals surface area contributed by atoms with Crippen molar-refractivity contribution in [1.82, 2.24) is 14.7 Å². The van der Waals surface area contributed by atoms with E-state index in [9.17, 15) is 4.79 Å². The summed E-state index contributed by atoms with van der Waals surface area (Å²) in [6.07, 6.45) is 9.71. The molecule has 0 atom stereocenters. The summed E-state index contributed by atoms with van der Waals surface area (Å²) in [5.74, 6) is 1.92. The van der Waals surface area contributed by atoms with Gasteiger partial charge in [0.1, 0.15) is 5.78 Å². The van der Waals surface area contributed by atoms with Crippen LogP contribution in [-0.2, 0) is 11.3 Å². The molecule has 2 heterocycles. The van der Waals surface area contributed by atoms with Crippen LogP contribution in [0.4, 0.5) is 0 Å². The summed E-state index contributed by atoms with van der Waals surface area (Å²) >= 11 is 0. The van der Waals surface area contributed by atoms with Crippen molar-refractivity contribution in [2.45, 2.75) is 72.3 Å². The van der Waals surface area contributed by atoms with Gasteiger partial charge in [-0.05, 0) is 62.7 Å². The maximum absolute atomic E-state index is 11.6. The predicted molar refractivity (Wildman–Crippen MR) is 99.2 cm³/mol. The molecule has 136 valence electrons. The Morgan fingerprint density at radius 2 is 1.92 bits per heavy atom. The fraction of sp³-hybridized carbons (Fsp3) is 0.800. The number of unbranched alkanes of at least 4 members (excludes halogenated alkanes) is 1. The summed E-state index contributed by atoms with van der Waals surface area (Å²) in [6, 6.07) is 0. The second-order valence-electron chi connectivity index (χ2n) is 8.01. The topological polar surface area (TPSA) is 38.1 Å². The Morgan fingerprint density at radius 3 is 2.50 bits per heavy atom. The predicted octanol–water partition coefficient (Wildman–Crippen LogP) is 4.11. The average molecular weight is 334 g/mol. The number of rotatable bonds is 9. The molecular formula is C20H35N3O. The standard InChI is InChI=1S/C20H35N3O/c1-16(2)19-13-21-23(15-19)14-18-8-11-22(12-9-18)10-6-5-7-20(24)17(3)4/h13,15-18H,5-12,14H2,1-4H3. The molecule has 1 fully saturated rings. The lowest BCUT2D eigenvalue weighted by Gasteiger charge is -2.31. The van der Waals surface area contributed by atoms with Gasteiger partial charge in [-0.1, -0.05) is 27.7 Å². The number of hydrogen-bond donors (Lipinski definition) is 0. The molecule has 1 aromatic rings. The minimum atomic E-state index is 0.194. The Labute approximate surface area is 147 Å². The molecule has 24 heavy (non-hydrogen) atoms. The second-order valence-corrected chi connectivity index (χ2v) is 8.01. The van der Waals surface area contributed by atoms with Gasteiger partial charge in [0.15, 0.2) is 0 Å². The average Bonchev–Trinajstić information content (AvgIpc) is 3.01. The summed E-state index contributed by atoms with van der Waals surface area (Å²) in [4.78, 5) is 14.2. The molecule has 4 heteroatoms. The highest BCUT2D eigenvalue weighted by Crippen LogP contribution is 2.20. The van der Waals surface area contributed by atoms with Crippen LogP contribution in [0.1, 0.15) is 71.3 Å². The highest BCUT2D eigenvalue weighted by molar-refractivity contribution is 5.80. The van der Waals surface area contributed by atoms with Crippen molar-refractivity contribution in [1.29, 1.82) is 0 Å². The normalized spacial score (nSPS) is 17.1. The molecule has 0 saturated carbocycles. The molecule has 0 spiro atoms. The lowest BCUT2D eigenvalue weighted by atomic mass is 9.96. The van der Waals surface area contributed by atoms with E-state index in [2.05, 4.69) is 34.7 Å². The summed E-state index contributed by atoms with van der Waals surface area (Å²) < 4.78 is 2.13. The van der Waals surface area contributed by atoms with Crippen molar-refractivity contribution in [3.8, 4) is 0 Å². The van der Waals surface area contributed by atoms with Crippen molar-refractivity contribution >= 4 is 5.78 Å². The van der Waals surface area contributed by atoms with E-state index in [1.807, 2.05) is 20.0 Å². The first-order chi connectivity index (χ1) is 11.5. The van der Waals surface area contributed by atoms with Crippen LogP contribution in [-0.4, -0.2) is 40.1 Å². The number of aromatic nitrogens is 2. The summed E-state index contributed by atoms with van der Waals surface area (Å²) in [7, 11) is 0. The van der Waals surface area contributed by atoms with Gasteiger partial charge < -0.3 is 4.90 Å². The molecule has 1 aliphatic heterocycles. The van der Waals surface area contributed by atoms with Crippen molar-refractivity contribution in [3.05, 3.63) is 18.0 Å². The van der Waals surface area contributed by atoms with Crippen LogP contribution in [0.5, 0.6) is 0 Å². The Kier molecular flexibility index (Phi) is 7.47. The number of piperidine rings is 1. The highest BCUT2D eigenvalue weighted by Gasteiger charge is 2.19. The largest absolute Gasteiger partial charge is 0.303 e. The van der Waals surface area contributed by atoms with Gasteiger partial charge in [0.25, 0.3) is 0 Å². The van der Waals surface area contributed by atoms with Gasteiger partial charge in [-0.25, -0.2) is 0 Å². The van der Waals surface area contributed by atoms with E-state index in [1.165, 1.54) is 31.5 Å². The lowest BCUT2D eigenvalue weighted by Crippen LogP contribution is -2.35. The van der Waals surface area contributed by atoms with Gasteiger partial charge >= 0.3 is 0 Å². The third-order valence-electron chi connectivity index (χ3n) is 5.26. The molecule has 2 rings (SSSR count). The van der Waals surface area contributed by atoms with Crippen molar-refractivity contribution in [3.63, 3.8) is 0 Å². The Morgan fingerprint density at radius 1 is 1.21 bits per heavy atom. The smallest absolute Gasteiger partial charge is 0.135 e. The van der Waals surface area contributed by atoms with Crippen LogP contribution < -0.4 is 0 Å². The van der Waals surface area contributed by atoms with Gasteiger partial charge in [0.05, 0.1) is 6.20 Å². The zero-order valence-electron chi connectivity index (χ0n) is 16.0. The molecule has 0 unspecified atom stereocenters. The molecule has 0 aliphatic carbocycles. The Balaban J connectivity index is 1.61. The SMILES string of the molecule is CC(C)C(=O)CCCCN1CCC(Cn2cc(C(C)C)cn2)CC1. The molecule has 0 amide bonds. The molecule has 4 nitrogen and oxygen atoms in total. The molecule has 0 bridgehead atoms. The van der Waals surface area contributed by atoms with Crippen LogP contribution in [0.15, 0.2) is 12.4 Å². The van der Waals surface area contributed by atoms with Crippen molar-refractivity contribution in [2.75, 3.05) is 19.6 Å². The van der Waals surface area contributed by atoms with E-state index in [0.29, 0.717) is 11.7 Å². The number of hydrogen-bond acceptors (Lipinski definition) is 3. The van der Waals surface area contributed by atoms with E-state index in [0.717, 1.165) is 38.3 Å². The molecule has 0 N–H and O–H groups in total. The number of Topliss-reactive ketones (excluding diaryl/α,β-unsaturated/α-hetero) is 1. The van der Waals surface area contributed by atoms with Gasteiger partial charge in [0, 0.05) is 25.1 Å². The number of ketones is 1. The van der Waals surface area contributed by atoms with Crippen LogP contribution in [0.2, 0.25) is 0 Å². The maximum atomic E-state index is 11.6. The number of likely N-dealkylation sites (tertiary alicyclic amines) is 1. The monoisotopic (exact) mass is 333 g/mol. The Hall–Kier alpha value is -1.16. The lowest BCUT2D eigenvalue weighted by molar-refractivity contribution is -0.122. The minimum absolute atomic E-state index is 0.194. The van der Waals surface area contributed by atoms with Crippen LogP contribution in [0, 0.1) is 11.8 Å². The van der Waals surface area contributed by atoms with Gasteiger partial charge in [-0.3, -0.25) is 9.48 Å². The van der Waals surface area contributed by atoms with Crippen LogP contribution in [0.25, 0.3) is 0 Å². The van der Waals surface area contributed by atoms with Crippen molar-refractivity contribution in [2.24, 2.45) is 11.8 Å². The number of carbonyl (C=O) groups excluding carboxylic acids is 1. The van der Waals surface area contributed by atoms with Gasteiger partial charge in [0.2, 0.25) is 0 Å². The molecule has 0 radical (unpaired) electrons. The molecule has 1 saturated heterocycles. The second kappa shape index (κ2) is 9.36. The minimum Gasteiger partial charge on any atom is -0.303 e. The third-order valence-corrected chi connectivity index (χ3v) is 5.26. The zero-order chi connectivity index (χ0) is 17.5. The van der Waals surface area contributed by atoms with E-state index >= 15 is 0 Å². The van der Waals surface area contributed by atoms with E-state index in [4.69, 9.17) is 0 Å². The summed E-state index contributed by atoms with van der Waals surface area (Å²) in [5, 5.41) is 4.51. The van der Waals surface area contributed by atoms with Gasteiger partial charge in [-0.2, -0.15) is 5.10 Å². The van der Waals surface area contributed by atoms with E-state index < -0.39 is 0 Å². The molecule has 1 aromatic heterocycles. The number of nitrogens with zero attached hydrogens (tertiary/aromatic N) is 3. The number of carbonyl (C=O) groups is 1. The summed E-state index contributed by atoms with van der Waals surface area (Å²) in [6.45, 7) is 13.0. The molecule has 0 aromatic carbocycles. The van der Waals surface area contributed by atoms with Crippen LogP contribution in [0.3, 0.4) is 0 Å². The highest BCUT2D eigenvalue weighted by atomic mass is 16.1. The first kappa shape index (κ1) is 19.2. The van der Waals surface area contributed by atoms with E-state index in [-0.39, 0.29) is 5.92 Å². The quantitative estimate of drug-likeness (QED) is 0.638. The fourth-order valence-corrected chi connectivity index (χ4v) is 3.36. The van der Waals surface area contributed by atoms with Crippen molar-refractivity contribution < 1.29 is 4.79 Å². The first-order valence-electron chi connectivity index (χ1n) is 9.73. The first-order valence-corrected chi connectivity index (χ1v) is 9.73. The molecule has 1 aliphatic rings. The summed E-state index contributed by atoms with van der Waals surface area (Å²) in [5.41, 5.74) is 1.34.